The van der Waals surface area contributed by atoms with Gasteiger partial charge in [-0.05, 0) is 44.6 Å². The Hall–Kier alpha value is -2.23. The quantitative estimate of drug-likeness (QED) is 0.428. The Balaban J connectivity index is 1.50. The Morgan fingerprint density at radius 3 is 1.86 bits per heavy atom. The average Bonchev–Trinajstić information content (AvgIpc) is 3.10. The average molecular weight is 379 g/mol. The molecule has 4 rings (SSSR count). The molecule has 4 unspecified atom stereocenters. The maximum atomic E-state index is 12.5. The van der Waals surface area contributed by atoms with Gasteiger partial charge < -0.3 is 5.11 Å². The Labute approximate surface area is 166 Å². The molecule has 0 aliphatic heterocycles. The van der Waals surface area contributed by atoms with E-state index in [2.05, 4.69) is 0 Å². The molecule has 0 heterocycles. The molecule has 3 saturated carbocycles. The lowest BCUT2D eigenvalue weighted by Gasteiger charge is -2.28. The van der Waals surface area contributed by atoms with Crippen LogP contribution in [0.15, 0.2) is 46.8 Å². The second-order valence-corrected chi connectivity index (χ2v) is 8.69. The van der Waals surface area contributed by atoms with E-state index in [-0.39, 0.29) is 46.8 Å². The maximum absolute atomic E-state index is 12.5. The van der Waals surface area contributed by atoms with Crippen molar-refractivity contribution in [2.75, 3.05) is 0 Å². The van der Waals surface area contributed by atoms with E-state index in [1.165, 1.54) is 0 Å². The molecule has 4 nitrogen and oxygen atoms in total. The van der Waals surface area contributed by atoms with Crippen LogP contribution < -0.4 is 5.11 Å². The molecule has 0 spiro atoms. The molecule has 0 saturated heterocycles. The van der Waals surface area contributed by atoms with E-state index in [4.69, 9.17) is 0 Å². The number of carbonyl (C=O) groups is 3. The smallest absolute Gasteiger partial charge is 0.170 e. The molecule has 4 atom stereocenters. The van der Waals surface area contributed by atoms with Crippen LogP contribution in [-0.4, -0.2) is 17.3 Å². The van der Waals surface area contributed by atoms with Crippen LogP contribution in [0.2, 0.25) is 0 Å². The molecule has 0 radical (unpaired) electrons. The Kier molecular flexibility index (Phi) is 5.22. The third-order valence-corrected chi connectivity index (χ3v) is 6.97. The van der Waals surface area contributed by atoms with Crippen molar-refractivity contribution in [3.05, 3.63) is 46.8 Å². The number of ketones is 3. The standard InChI is InChI=1S/C24H28O4/c1-14(10-12-19-21(25)15-6-2-3-7-16(15)22(19)26)11-13-20-23(27)17-8-4-5-9-18(17)24(20)28/h10-13,15-18,25H,2-9H2,1H3/p-1. The third kappa shape index (κ3) is 3.23. The van der Waals surface area contributed by atoms with Crippen molar-refractivity contribution >= 4 is 17.3 Å². The van der Waals surface area contributed by atoms with Gasteiger partial charge in [0, 0.05) is 23.3 Å². The fourth-order valence-electron chi connectivity index (χ4n) is 5.37. The molecule has 4 aliphatic rings. The van der Waals surface area contributed by atoms with Crippen molar-refractivity contribution in [3.8, 4) is 0 Å². The molecular formula is C24H27O4-. The normalized spacial score (nSPS) is 33.7. The van der Waals surface area contributed by atoms with Crippen LogP contribution >= 0.6 is 0 Å². The van der Waals surface area contributed by atoms with Gasteiger partial charge in [0.15, 0.2) is 17.3 Å². The summed E-state index contributed by atoms with van der Waals surface area (Å²) in [5, 5.41) is 12.5. The van der Waals surface area contributed by atoms with Crippen LogP contribution in [0, 0.1) is 23.7 Å². The van der Waals surface area contributed by atoms with Gasteiger partial charge in [0.2, 0.25) is 0 Å². The second kappa shape index (κ2) is 7.65. The topological polar surface area (TPSA) is 74.3 Å². The largest absolute Gasteiger partial charge is 0.875 e. The Bertz CT molecular complexity index is 813. The summed E-state index contributed by atoms with van der Waals surface area (Å²) in [7, 11) is 0. The molecule has 3 fully saturated rings. The summed E-state index contributed by atoms with van der Waals surface area (Å²) in [6.45, 7) is 1.85. The third-order valence-electron chi connectivity index (χ3n) is 6.97. The first-order chi connectivity index (χ1) is 13.5. The minimum absolute atomic E-state index is 0.0117. The lowest BCUT2D eigenvalue weighted by molar-refractivity contribution is -0.316. The summed E-state index contributed by atoms with van der Waals surface area (Å²) in [6, 6.07) is 0. The van der Waals surface area contributed by atoms with Gasteiger partial charge in [0.1, 0.15) is 0 Å². The van der Waals surface area contributed by atoms with Crippen molar-refractivity contribution in [1.29, 1.82) is 0 Å². The summed E-state index contributed by atoms with van der Waals surface area (Å²) in [4.78, 5) is 37.6. The number of allylic oxidation sites excluding steroid dienone is 8. The number of Topliss-reactive ketones (excluding diaryl/α,β-unsaturated/α-hetero) is 3. The van der Waals surface area contributed by atoms with Gasteiger partial charge in [0.25, 0.3) is 0 Å². The molecule has 0 N–H and O–H groups in total. The Morgan fingerprint density at radius 2 is 1.32 bits per heavy atom. The molecule has 0 aromatic heterocycles. The van der Waals surface area contributed by atoms with Crippen molar-refractivity contribution in [2.45, 2.75) is 58.3 Å². The monoisotopic (exact) mass is 379 g/mol. The van der Waals surface area contributed by atoms with E-state index in [1.807, 2.05) is 6.92 Å². The molecule has 0 aromatic carbocycles. The zero-order chi connectivity index (χ0) is 19.8. The zero-order valence-corrected chi connectivity index (χ0v) is 16.4. The zero-order valence-electron chi connectivity index (χ0n) is 16.4. The van der Waals surface area contributed by atoms with Gasteiger partial charge in [-0.25, -0.2) is 0 Å². The van der Waals surface area contributed by atoms with Crippen LogP contribution in [0.4, 0.5) is 0 Å². The lowest BCUT2D eigenvalue weighted by Crippen LogP contribution is -2.24. The number of hydrogen-bond acceptors (Lipinski definition) is 4. The van der Waals surface area contributed by atoms with Gasteiger partial charge in [-0.3, -0.25) is 14.4 Å². The van der Waals surface area contributed by atoms with Gasteiger partial charge in [0.05, 0.1) is 5.57 Å². The number of carbonyl (C=O) groups excluding carboxylic acids is 3. The highest BCUT2D eigenvalue weighted by atomic mass is 16.3. The first kappa shape index (κ1) is 19.1. The number of rotatable bonds is 3. The maximum Gasteiger partial charge on any atom is 0.170 e. The molecule has 0 amide bonds. The van der Waals surface area contributed by atoms with Crippen molar-refractivity contribution in [3.63, 3.8) is 0 Å². The first-order valence-corrected chi connectivity index (χ1v) is 10.6. The first-order valence-electron chi connectivity index (χ1n) is 10.6. The molecule has 28 heavy (non-hydrogen) atoms. The van der Waals surface area contributed by atoms with E-state index in [0.717, 1.165) is 56.9 Å². The SMILES string of the molecule is CC(C=CC1=C([O-])C2CCCCC2C1=O)=CC=C1C(=O)C2CCCCC2C1=O. The Morgan fingerprint density at radius 1 is 0.821 bits per heavy atom. The molecule has 148 valence electrons. The van der Waals surface area contributed by atoms with Gasteiger partial charge in [-0.2, -0.15) is 0 Å². The van der Waals surface area contributed by atoms with Crippen molar-refractivity contribution < 1.29 is 19.5 Å². The van der Waals surface area contributed by atoms with Crippen LogP contribution in [0.5, 0.6) is 0 Å². The van der Waals surface area contributed by atoms with Crippen LogP contribution in [0.1, 0.15) is 58.3 Å². The van der Waals surface area contributed by atoms with Crippen molar-refractivity contribution in [2.24, 2.45) is 23.7 Å². The van der Waals surface area contributed by atoms with E-state index >= 15 is 0 Å². The van der Waals surface area contributed by atoms with Crippen molar-refractivity contribution in [1.82, 2.24) is 0 Å². The summed E-state index contributed by atoms with van der Waals surface area (Å²) in [5.74, 6) is -0.531. The molecule has 4 heteroatoms. The highest BCUT2D eigenvalue weighted by Gasteiger charge is 2.45. The lowest BCUT2D eigenvalue weighted by atomic mass is 9.80. The van der Waals surface area contributed by atoms with Crippen LogP contribution in [-0.2, 0) is 14.4 Å². The molecule has 4 aliphatic carbocycles. The minimum Gasteiger partial charge on any atom is -0.875 e. The molecule has 0 aromatic rings. The fraction of sp³-hybridized carbons (Fsp3) is 0.542. The predicted octanol–water partition coefficient (Wildman–Crippen LogP) is 3.38. The predicted molar refractivity (Wildman–Crippen MR) is 104 cm³/mol. The van der Waals surface area contributed by atoms with E-state index in [1.54, 1.807) is 24.3 Å². The second-order valence-electron chi connectivity index (χ2n) is 8.69. The summed E-state index contributed by atoms with van der Waals surface area (Å²) in [6.07, 6.45) is 14.1. The molecular weight excluding hydrogens is 352 g/mol. The van der Waals surface area contributed by atoms with E-state index in [0.29, 0.717) is 11.1 Å². The van der Waals surface area contributed by atoms with Gasteiger partial charge in [-0.1, -0.05) is 49.5 Å². The summed E-state index contributed by atoms with van der Waals surface area (Å²) < 4.78 is 0. The number of fused-ring (bicyclic) bond motifs is 2. The van der Waals surface area contributed by atoms with E-state index in [9.17, 15) is 19.5 Å². The van der Waals surface area contributed by atoms with E-state index < -0.39 is 0 Å². The van der Waals surface area contributed by atoms with Crippen LogP contribution in [0.25, 0.3) is 0 Å². The summed E-state index contributed by atoms with van der Waals surface area (Å²) >= 11 is 0. The minimum atomic E-state index is -0.121. The van der Waals surface area contributed by atoms with Crippen LogP contribution in [0.3, 0.4) is 0 Å². The highest BCUT2D eigenvalue weighted by molar-refractivity contribution is 6.27. The van der Waals surface area contributed by atoms with Gasteiger partial charge >= 0.3 is 0 Å². The number of hydrogen-bond donors (Lipinski definition) is 0. The molecule has 0 bridgehead atoms. The highest BCUT2D eigenvalue weighted by Crippen LogP contribution is 2.42. The summed E-state index contributed by atoms with van der Waals surface area (Å²) in [5.41, 5.74) is 1.44. The fourth-order valence-corrected chi connectivity index (χ4v) is 5.37. The van der Waals surface area contributed by atoms with Gasteiger partial charge in [-0.15, -0.1) is 5.76 Å².